The first kappa shape index (κ1) is 22.6. The second-order valence-corrected chi connectivity index (χ2v) is 1.62. The van der Waals surface area contributed by atoms with Crippen LogP contribution < -0.4 is 5.32 Å². The van der Waals surface area contributed by atoms with Crippen molar-refractivity contribution in [3.05, 3.63) is 21.0 Å². The van der Waals surface area contributed by atoms with Crippen molar-refractivity contribution < 1.29 is 53.8 Å². The Hall–Kier alpha value is 1.82. The van der Waals surface area contributed by atoms with Gasteiger partial charge in [-0.05, 0) is 0 Å². The molecular weight excluding hydrogens is 370 g/mol. The molecule has 0 unspecified atom stereocenters. The van der Waals surface area contributed by atoms with E-state index in [0.29, 0.717) is 0 Å². The average Bonchev–Trinajstić information content (AvgIpc) is 1.61. The van der Waals surface area contributed by atoms with Crippen LogP contribution in [-0.2, 0) is 53.8 Å². The maximum absolute atomic E-state index is 5.38. The molecule has 0 amide bonds. The third-order valence-corrected chi connectivity index (χ3v) is 0.634. The third kappa shape index (κ3) is 22.6. The second-order valence-electron chi connectivity index (χ2n) is 1.62. The summed E-state index contributed by atoms with van der Waals surface area (Å²) in [5.74, 6) is 0.245. The van der Waals surface area contributed by atoms with Crippen LogP contribution in [0.2, 0.25) is 5.82 Å². The molecule has 0 aromatic rings. The molecule has 0 aliphatic rings. The third-order valence-electron chi connectivity index (χ3n) is 0.634. The van der Waals surface area contributed by atoms with E-state index in [0.717, 1.165) is 6.42 Å². The minimum absolute atomic E-state index is 0. The van der Waals surface area contributed by atoms with E-state index in [4.69, 9.17) is 7.85 Å². The molecule has 55 valence electrons. The molecule has 0 fully saturated rings. The van der Waals surface area contributed by atoms with Crippen LogP contribution in [0.5, 0.6) is 0 Å². The van der Waals surface area contributed by atoms with Gasteiger partial charge in [0.2, 0.25) is 0 Å². The molecule has 0 bridgehead atoms. The number of nitrogens with one attached hydrogen (secondary N) is 1. The molecule has 1 atom stereocenters. The van der Waals surface area contributed by atoms with Crippen LogP contribution in [-0.4, -0.2) is 7.85 Å². The molecule has 0 heterocycles. The summed E-state index contributed by atoms with van der Waals surface area (Å²) in [5, 5.41) is 2.64. The molecule has 0 saturated heterocycles. The fourth-order valence-electron chi connectivity index (χ4n) is 0.269. The van der Waals surface area contributed by atoms with Gasteiger partial charge in [-0.15, -0.1) is 5.82 Å². The van der Waals surface area contributed by atoms with Crippen LogP contribution in [0.1, 0.15) is 13.3 Å². The zero-order valence-corrected chi connectivity index (χ0v) is 12.4. The van der Waals surface area contributed by atoms with Gasteiger partial charge in [0, 0.05) is 32.7 Å². The summed E-state index contributed by atoms with van der Waals surface area (Å²) in [7, 11) is 8.78. The van der Waals surface area contributed by atoms with E-state index < -0.39 is 0 Å². The number of rotatable bonds is 3. The topological polar surface area (TPSA) is 12.0 Å². The van der Waals surface area contributed by atoms with Gasteiger partial charge in [0.1, 0.15) is 0 Å². The first-order valence-corrected chi connectivity index (χ1v) is 2.37. The quantitative estimate of drug-likeness (QED) is 0.574. The van der Waals surface area contributed by atoms with Crippen LogP contribution in [0.4, 0.5) is 0 Å². The Labute approximate surface area is 106 Å². The van der Waals surface area contributed by atoms with Gasteiger partial charge in [0.25, 0.3) is 0 Å². The molecule has 10 heavy (non-hydrogen) atoms. The summed E-state index contributed by atoms with van der Waals surface area (Å²) in [6, 6.07) is 0. The van der Waals surface area contributed by atoms with Gasteiger partial charge < -0.3 is 26.3 Å². The summed E-state index contributed by atoms with van der Waals surface area (Å²) in [5.41, 5.74) is 0. The van der Waals surface area contributed by atoms with Gasteiger partial charge in [0.05, 0.1) is 7.85 Å². The molecule has 0 spiro atoms. The Morgan fingerprint density at radius 1 is 1.70 bits per heavy atom. The van der Waals surface area contributed by atoms with E-state index in [2.05, 4.69) is 12.4 Å². The zero-order valence-electron chi connectivity index (χ0n) is 6.63. The molecule has 0 aliphatic heterocycles. The van der Waals surface area contributed by atoms with Crippen LogP contribution in [0, 0.1) is 21.0 Å². The Balaban J connectivity index is -0.0000000600. The second kappa shape index (κ2) is 17.1. The van der Waals surface area contributed by atoms with Gasteiger partial charge in [-0.2, -0.15) is 6.42 Å². The van der Waals surface area contributed by atoms with Crippen molar-refractivity contribution >= 4 is 7.85 Å². The fraction of sp³-hybridized carbons (Fsp3) is 0.500. The Morgan fingerprint density at radius 2 is 2.10 bits per heavy atom. The molecule has 0 rings (SSSR count). The molecule has 0 aromatic heterocycles. The van der Waals surface area contributed by atoms with Crippen molar-refractivity contribution in [3.63, 3.8) is 0 Å². The Kier molecular flexibility index (Phi) is 38.6. The van der Waals surface area contributed by atoms with E-state index in [9.17, 15) is 0 Å². The predicted molar refractivity (Wildman–Crippen MR) is 39.0 cm³/mol. The van der Waals surface area contributed by atoms with Crippen molar-refractivity contribution in [1.82, 2.24) is 5.32 Å². The van der Waals surface area contributed by atoms with Gasteiger partial charge in [-0.1, -0.05) is 6.92 Å². The first-order valence-electron chi connectivity index (χ1n) is 2.37. The molecular formula is C6H13BNWY-. The van der Waals surface area contributed by atoms with Crippen LogP contribution in [0.15, 0.2) is 0 Å². The van der Waals surface area contributed by atoms with Gasteiger partial charge >= 0.3 is 21.1 Å². The fourth-order valence-corrected chi connectivity index (χ4v) is 0.269. The molecule has 3 radical (unpaired) electrons. The Bertz CT molecular complexity index is 46.7. The molecule has 1 nitrogen and oxygen atoms in total. The zero-order chi connectivity index (χ0) is 5.70. The van der Waals surface area contributed by atoms with E-state index >= 15 is 0 Å². The van der Waals surface area contributed by atoms with Crippen molar-refractivity contribution in [2.24, 2.45) is 0 Å². The van der Waals surface area contributed by atoms with E-state index in [1.807, 2.05) is 13.5 Å². The first-order chi connectivity index (χ1) is 3.27. The van der Waals surface area contributed by atoms with Gasteiger partial charge in [-0.3, -0.25) is 0 Å². The monoisotopic (exact) mass is 383 g/mol. The van der Waals surface area contributed by atoms with Crippen molar-refractivity contribution in [2.75, 3.05) is 0 Å². The molecule has 4 heteroatoms. The molecule has 0 aliphatic carbocycles. The molecule has 0 saturated carbocycles. The largest absolute Gasteiger partial charge is 2.00 e. The summed E-state index contributed by atoms with van der Waals surface area (Å²) in [4.78, 5) is 0. The van der Waals surface area contributed by atoms with Crippen molar-refractivity contribution in [3.8, 4) is 0 Å². The van der Waals surface area contributed by atoms with E-state index in [-0.39, 0.29) is 67.0 Å². The van der Waals surface area contributed by atoms with Gasteiger partial charge in [0.15, 0.2) is 0 Å². The Morgan fingerprint density at radius 3 is 2.20 bits per heavy atom. The minimum Gasteiger partial charge on any atom is -0.621 e. The van der Waals surface area contributed by atoms with E-state index in [1.54, 1.807) is 0 Å². The smallest absolute Gasteiger partial charge is 0.621 e. The number of hydrogen-bond acceptors (Lipinski definition) is 1. The normalized spacial score (nSPS) is 9.80. The minimum atomic E-state index is 0. The van der Waals surface area contributed by atoms with Crippen molar-refractivity contribution in [2.45, 2.75) is 19.2 Å². The predicted octanol–water partition coefficient (Wildman–Crippen LogP) is 1.34. The summed E-state index contributed by atoms with van der Waals surface area (Å²) in [6.45, 7) is 3.79. The van der Waals surface area contributed by atoms with Crippen molar-refractivity contribution in [1.29, 1.82) is 0 Å². The number of hydrogen-bond donors (Lipinski definition) is 1. The summed E-state index contributed by atoms with van der Waals surface area (Å²) >= 11 is 0. The summed E-state index contributed by atoms with van der Waals surface area (Å²) in [6.07, 6.45) is 0.878. The van der Waals surface area contributed by atoms with E-state index in [1.165, 1.54) is 0 Å². The van der Waals surface area contributed by atoms with Crippen LogP contribution in [0.25, 0.3) is 0 Å². The van der Waals surface area contributed by atoms with Crippen LogP contribution in [0.3, 0.4) is 0 Å². The summed E-state index contributed by atoms with van der Waals surface area (Å²) < 4.78 is 0. The van der Waals surface area contributed by atoms with Gasteiger partial charge in [-0.25, -0.2) is 0 Å². The van der Waals surface area contributed by atoms with Crippen LogP contribution >= 0.6 is 0 Å². The standard InChI is InChI=1S/C5H10BN.CH3.W.Y/c1-5(6)3-4-7-2;;;/h4-5,7H,2-3H2,1H3;1H3;;/q-2;-1;+2;/t5-;;;/m0.../s1. The maximum atomic E-state index is 5.38. The maximum Gasteiger partial charge on any atom is 2.00 e. The SMILES string of the molecule is [B][C@@H](C)C[CH-]N[CH2-].[CH3-].[W+2].[Y]. The average molecular weight is 383 g/mol. The molecule has 0 aromatic carbocycles. The molecule has 1 N–H and O–H groups in total.